The number of carbonyl (C=O) groups is 2. The molecule has 0 aliphatic rings. The second-order valence-electron chi connectivity index (χ2n) is 16.1. The fourth-order valence-corrected chi connectivity index (χ4v) is 7.73. The molecule has 0 aromatic rings. The number of unbranched alkanes of at least 4 members (excludes halogenated alkanes) is 32. The zero-order valence-electron chi connectivity index (χ0n) is 36.2. The zero-order valence-corrected chi connectivity index (χ0v) is 37.0. The van der Waals surface area contributed by atoms with Crippen LogP contribution in [0.4, 0.5) is 0 Å². The Labute approximate surface area is 339 Å². The lowest BCUT2D eigenvalue weighted by molar-refractivity contribution is -0.147. The maximum Gasteiger partial charge on any atom is 0.472 e. The quantitative estimate of drug-likeness (QED) is 0.0315. The van der Waals surface area contributed by atoms with Gasteiger partial charge in [0, 0.05) is 19.4 Å². The number of carbonyl (C=O) groups excluding carboxylic acids is 2. The van der Waals surface area contributed by atoms with E-state index in [9.17, 15) is 24.2 Å². The number of ether oxygens (including phenoxy) is 1. The van der Waals surface area contributed by atoms with Crippen molar-refractivity contribution in [2.45, 2.75) is 251 Å². The Hall–Kier alpha value is -0.990. The van der Waals surface area contributed by atoms with Gasteiger partial charge in [-0.2, -0.15) is 0 Å². The largest absolute Gasteiger partial charge is 0.472 e. The first-order chi connectivity index (χ1) is 26.8. The summed E-state index contributed by atoms with van der Waals surface area (Å²) in [5, 5.41) is 12.7. The van der Waals surface area contributed by atoms with E-state index in [0.29, 0.717) is 6.42 Å². The summed E-state index contributed by atoms with van der Waals surface area (Å²) in [5.74, 6) is -0.502. The highest BCUT2D eigenvalue weighted by Gasteiger charge is 2.23. The predicted molar refractivity (Wildman–Crippen MR) is 229 cm³/mol. The molecule has 328 valence electrons. The van der Waals surface area contributed by atoms with Crippen molar-refractivity contribution in [3.05, 3.63) is 0 Å². The highest BCUT2D eigenvalue weighted by Crippen LogP contribution is 2.42. The van der Waals surface area contributed by atoms with Crippen LogP contribution in [0, 0.1) is 0 Å². The van der Waals surface area contributed by atoms with Gasteiger partial charge in [0.05, 0.1) is 13.2 Å². The Kier molecular flexibility index (Phi) is 41.8. The number of hydrogen-bond acceptors (Lipinski definition) is 7. The number of rotatable bonds is 45. The molecule has 0 aromatic carbocycles. The summed E-state index contributed by atoms with van der Waals surface area (Å²) in [4.78, 5) is 33.9. The number of esters is 1. The SMILES string of the molecule is CCCCCCCCCCCCCCCCCCCCCCCC(=O)NCCOP(=O)(O)OCC(O)COC(=O)CCCCCCCCCCCCCCC. The third-order valence-electron chi connectivity index (χ3n) is 10.5. The molecule has 10 heteroatoms. The molecule has 0 spiro atoms. The second-order valence-corrected chi connectivity index (χ2v) is 17.6. The Morgan fingerprint density at radius 1 is 0.491 bits per heavy atom. The molecule has 0 aliphatic carbocycles. The molecule has 0 saturated heterocycles. The van der Waals surface area contributed by atoms with Crippen molar-refractivity contribution in [1.82, 2.24) is 5.32 Å². The van der Waals surface area contributed by atoms with E-state index in [1.54, 1.807) is 0 Å². The first-order valence-electron chi connectivity index (χ1n) is 23.5. The number of phosphoric ester groups is 1. The number of phosphoric acid groups is 1. The lowest BCUT2D eigenvalue weighted by Crippen LogP contribution is -2.27. The molecular formula is C45H90NO8P. The average molecular weight is 804 g/mol. The Morgan fingerprint density at radius 2 is 0.818 bits per heavy atom. The molecule has 0 rings (SSSR count). The van der Waals surface area contributed by atoms with Gasteiger partial charge < -0.3 is 20.1 Å². The van der Waals surface area contributed by atoms with E-state index in [4.69, 9.17) is 13.8 Å². The van der Waals surface area contributed by atoms with Gasteiger partial charge in [-0.25, -0.2) is 4.57 Å². The standard InChI is InChI=1S/C45H90NO8P/c1-3-5-7-9-11-13-15-17-18-19-20-21-22-23-24-26-27-29-31-33-35-37-44(48)46-39-40-53-55(50,51)54-42-43(47)41-52-45(49)38-36-34-32-30-28-25-16-14-12-10-8-6-4-2/h43,47H,3-42H2,1-2H3,(H,46,48)(H,50,51). The van der Waals surface area contributed by atoms with E-state index >= 15 is 0 Å². The fourth-order valence-electron chi connectivity index (χ4n) is 6.97. The molecule has 0 saturated carbocycles. The van der Waals surface area contributed by atoms with Crippen LogP contribution in [0.5, 0.6) is 0 Å². The Morgan fingerprint density at radius 3 is 1.18 bits per heavy atom. The van der Waals surface area contributed by atoms with E-state index in [2.05, 4.69) is 19.2 Å². The maximum absolute atomic E-state index is 12.1. The summed E-state index contributed by atoms with van der Waals surface area (Å²) in [5.41, 5.74) is 0. The summed E-state index contributed by atoms with van der Waals surface area (Å²) >= 11 is 0. The molecule has 9 nitrogen and oxygen atoms in total. The molecule has 0 bridgehead atoms. The minimum Gasteiger partial charge on any atom is -0.463 e. The number of aliphatic hydroxyl groups is 1. The number of nitrogens with one attached hydrogen (secondary N) is 1. The van der Waals surface area contributed by atoms with Gasteiger partial charge in [0.1, 0.15) is 12.7 Å². The van der Waals surface area contributed by atoms with Crippen molar-refractivity contribution in [3.8, 4) is 0 Å². The van der Waals surface area contributed by atoms with Crippen LogP contribution in [0.15, 0.2) is 0 Å². The lowest BCUT2D eigenvalue weighted by atomic mass is 10.0. The van der Waals surface area contributed by atoms with Gasteiger partial charge in [-0.05, 0) is 12.8 Å². The summed E-state index contributed by atoms with van der Waals surface area (Å²) in [6.45, 7) is 3.60. The van der Waals surface area contributed by atoms with Crippen LogP contribution in [0.2, 0.25) is 0 Å². The summed E-state index contributed by atoms with van der Waals surface area (Å²) in [6.07, 6.45) is 43.3. The van der Waals surface area contributed by atoms with E-state index in [1.165, 1.54) is 180 Å². The van der Waals surface area contributed by atoms with E-state index in [1.807, 2.05) is 0 Å². The van der Waals surface area contributed by atoms with Crippen molar-refractivity contribution in [2.75, 3.05) is 26.4 Å². The van der Waals surface area contributed by atoms with E-state index in [0.717, 1.165) is 38.5 Å². The molecule has 3 N–H and O–H groups in total. The van der Waals surface area contributed by atoms with Crippen molar-refractivity contribution in [3.63, 3.8) is 0 Å². The number of hydrogen-bond donors (Lipinski definition) is 3. The monoisotopic (exact) mass is 804 g/mol. The molecule has 2 unspecified atom stereocenters. The van der Waals surface area contributed by atoms with Crippen LogP contribution in [0.1, 0.15) is 245 Å². The van der Waals surface area contributed by atoms with Crippen molar-refractivity contribution < 1.29 is 37.9 Å². The maximum atomic E-state index is 12.1. The molecule has 1 amide bonds. The highest BCUT2D eigenvalue weighted by molar-refractivity contribution is 7.47. The van der Waals surface area contributed by atoms with Crippen LogP contribution in [-0.2, 0) is 27.9 Å². The van der Waals surface area contributed by atoms with Gasteiger partial charge in [0.15, 0.2) is 0 Å². The first kappa shape index (κ1) is 54.0. The van der Waals surface area contributed by atoms with Crippen molar-refractivity contribution in [1.29, 1.82) is 0 Å². The minimum absolute atomic E-state index is 0.0886. The third kappa shape index (κ3) is 44.0. The molecule has 0 aliphatic heterocycles. The van der Waals surface area contributed by atoms with Crippen LogP contribution in [0.25, 0.3) is 0 Å². The zero-order chi connectivity index (χ0) is 40.3. The van der Waals surface area contributed by atoms with Crippen LogP contribution >= 0.6 is 7.82 Å². The summed E-state index contributed by atoms with van der Waals surface area (Å²) < 4.78 is 26.9. The summed E-state index contributed by atoms with van der Waals surface area (Å²) in [6, 6.07) is 0. The van der Waals surface area contributed by atoms with Gasteiger partial charge in [-0.15, -0.1) is 0 Å². The van der Waals surface area contributed by atoms with E-state index < -0.39 is 26.5 Å². The summed E-state index contributed by atoms with van der Waals surface area (Å²) in [7, 11) is -4.41. The Bertz CT molecular complexity index is 876. The van der Waals surface area contributed by atoms with Crippen LogP contribution in [0.3, 0.4) is 0 Å². The van der Waals surface area contributed by atoms with Gasteiger partial charge in [0.2, 0.25) is 5.91 Å². The minimum atomic E-state index is -4.41. The van der Waals surface area contributed by atoms with Crippen molar-refractivity contribution in [2.24, 2.45) is 0 Å². The molecular weight excluding hydrogens is 713 g/mol. The predicted octanol–water partition coefficient (Wildman–Crippen LogP) is 13.2. The average Bonchev–Trinajstić information content (AvgIpc) is 3.17. The highest BCUT2D eigenvalue weighted by atomic mass is 31.2. The van der Waals surface area contributed by atoms with Gasteiger partial charge in [-0.3, -0.25) is 18.6 Å². The van der Waals surface area contributed by atoms with Gasteiger partial charge in [0.25, 0.3) is 0 Å². The molecule has 2 atom stereocenters. The van der Waals surface area contributed by atoms with Crippen LogP contribution in [-0.4, -0.2) is 54.3 Å². The fraction of sp³-hybridized carbons (Fsp3) is 0.956. The number of aliphatic hydroxyl groups excluding tert-OH is 1. The Balaban J connectivity index is 3.51. The van der Waals surface area contributed by atoms with E-state index in [-0.39, 0.29) is 32.1 Å². The third-order valence-corrected chi connectivity index (χ3v) is 11.5. The van der Waals surface area contributed by atoms with Gasteiger partial charge in [-0.1, -0.05) is 219 Å². The van der Waals surface area contributed by atoms with Crippen LogP contribution < -0.4 is 5.32 Å². The molecule has 0 radical (unpaired) electrons. The second kappa shape index (κ2) is 42.6. The smallest absolute Gasteiger partial charge is 0.463 e. The topological polar surface area (TPSA) is 131 Å². The molecule has 0 fully saturated rings. The molecule has 55 heavy (non-hydrogen) atoms. The normalized spacial score (nSPS) is 13.2. The van der Waals surface area contributed by atoms with Gasteiger partial charge >= 0.3 is 13.8 Å². The molecule has 0 heterocycles. The first-order valence-corrected chi connectivity index (χ1v) is 25.0. The number of amides is 1. The lowest BCUT2D eigenvalue weighted by Gasteiger charge is -2.15. The van der Waals surface area contributed by atoms with Crippen molar-refractivity contribution >= 4 is 19.7 Å². The molecule has 0 aromatic heterocycles.